The molecule has 0 bridgehead atoms. The van der Waals surface area contributed by atoms with Gasteiger partial charge in [-0.1, -0.05) is 5.21 Å². The molecule has 1 aliphatic heterocycles. The molecule has 0 spiro atoms. The zero-order valence-corrected chi connectivity index (χ0v) is 11.6. The third-order valence-electron chi connectivity index (χ3n) is 2.65. The number of rotatable bonds is 2. The minimum Gasteiger partial charge on any atom is -0.444 e. The predicted molar refractivity (Wildman–Crippen MR) is 67.6 cm³/mol. The van der Waals surface area contributed by atoms with E-state index in [1.54, 1.807) is 22.0 Å². The lowest BCUT2D eigenvalue weighted by atomic mass is 10.2. The van der Waals surface area contributed by atoms with Crippen molar-refractivity contribution in [3.05, 3.63) is 12.4 Å². The van der Waals surface area contributed by atoms with Crippen LogP contribution in [0, 0.1) is 0 Å². The van der Waals surface area contributed by atoms with Crippen molar-refractivity contribution in [2.45, 2.75) is 39.0 Å². The van der Waals surface area contributed by atoms with Crippen LogP contribution in [0.4, 0.5) is 4.79 Å². The van der Waals surface area contributed by atoms with Gasteiger partial charge in [-0.05, 0) is 20.8 Å². The Balaban J connectivity index is 1.88. The fraction of sp³-hybridized carbons (Fsp3) is 0.750. The average Bonchev–Trinajstić information content (AvgIpc) is 2.80. The number of carbonyl (C=O) groups is 1. The molecule has 0 aliphatic carbocycles. The summed E-state index contributed by atoms with van der Waals surface area (Å²) in [6, 6.07) is 0. The zero-order chi connectivity index (χ0) is 13.9. The van der Waals surface area contributed by atoms with Crippen LogP contribution >= 0.6 is 0 Å². The lowest BCUT2D eigenvalue weighted by Crippen LogP contribution is -2.48. The molecule has 1 saturated heterocycles. The van der Waals surface area contributed by atoms with Crippen LogP contribution in [0.15, 0.2) is 12.4 Å². The first kappa shape index (κ1) is 13.8. The molecule has 2 heterocycles. The van der Waals surface area contributed by atoms with E-state index >= 15 is 0 Å². The second kappa shape index (κ2) is 5.56. The van der Waals surface area contributed by atoms with Crippen LogP contribution in [0.3, 0.4) is 0 Å². The largest absolute Gasteiger partial charge is 0.444 e. The second-order valence-corrected chi connectivity index (χ2v) is 5.54. The molecule has 1 aliphatic rings. The van der Waals surface area contributed by atoms with Gasteiger partial charge in [0.1, 0.15) is 5.60 Å². The summed E-state index contributed by atoms with van der Waals surface area (Å²) in [4.78, 5) is 13.7. The summed E-state index contributed by atoms with van der Waals surface area (Å²) in [5.41, 5.74) is -0.475. The Hall–Kier alpha value is -1.63. The Morgan fingerprint density at radius 1 is 1.53 bits per heavy atom. The van der Waals surface area contributed by atoms with E-state index in [9.17, 15) is 4.79 Å². The standard InChI is InChI=1S/C12H20N4O3/c1-12(2,3)19-11(17)15-6-7-18-10(8-15)9-16-5-4-13-14-16/h4-5,10H,6-9H2,1-3H3/t10-/m1/s1. The molecule has 1 aromatic heterocycles. The summed E-state index contributed by atoms with van der Waals surface area (Å²) in [7, 11) is 0. The normalized spacial score (nSPS) is 20.4. The van der Waals surface area contributed by atoms with Crippen molar-refractivity contribution in [2.24, 2.45) is 0 Å². The van der Waals surface area contributed by atoms with Crippen molar-refractivity contribution in [1.29, 1.82) is 0 Å². The maximum Gasteiger partial charge on any atom is 0.410 e. The third-order valence-corrected chi connectivity index (χ3v) is 2.65. The van der Waals surface area contributed by atoms with Crippen LogP contribution in [-0.4, -0.2) is 57.4 Å². The Kier molecular flexibility index (Phi) is 4.04. The fourth-order valence-electron chi connectivity index (χ4n) is 1.86. The van der Waals surface area contributed by atoms with E-state index in [1.165, 1.54) is 0 Å². The zero-order valence-electron chi connectivity index (χ0n) is 11.6. The molecule has 2 rings (SSSR count). The van der Waals surface area contributed by atoms with E-state index in [-0.39, 0.29) is 12.2 Å². The Morgan fingerprint density at radius 2 is 2.32 bits per heavy atom. The first-order valence-electron chi connectivity index (χ1n) is 6.38. The van der Waals surface area contributed by atoms with Gasteiger partial charge in [0.05, 0.1) is 32.0 Å². The molecule has 0 aromatic carbocycles. The van der Waals surface area contributed by atoms with Crippen molar-refractivity contribution < 1.29 is 14.3 Å². The number of hydrogen-bond donors (Lipinski definition) is 0. The molecule has 7 nitrogen and oxygen atoms in total. The molecule has 0 radical (unpaired) electrons. The lowest BCUT2D eigenvalue weighted by molar-refractivity contribution is -0.0484. The molecule has 1 fully saturated rings. The number of morpholine rings is 1. The monoisotopic (exact) mass is 268 g/mol. The Morgan fingerprint density at radius 3 is 2.95 bits per heavy atom. The summed E-state index contributed by atoms with van der Waals surface area (Å²) in [6.45, 7) is 7.74. The van der Waals surface area contributed by atoms with Crippen LogP contribution in [0.2, 0.25) is 0 Å². The summed E-state index contributed by atoms with van der Waals surface area (Å²) >= 11 is 0. The molecule has 106 valence electrons. The first-order chi connectivity index (χ1) is 8.94. The molecule has 0 unspecified atom stereocenters. The van der Waals surface area contributed by atoms with Gasteiger partial charge in [0.25, 0.3) is 0 Å². The highest BCUT2D eigenvalue weighted by molar-refractivity contribution is 5.68. The van der Waals surface area contributed by atoms with Crippen molar-refractivity contribution in [1.82, 2.24) is 19.9 Å². The summed E-state index contributed by atoms with van der Waals surface area (Å²) in [5.74, 6) is 0. The number of aromatic nitrogens is 3. The van der Waals surface area contributed by atoms with E-state index in [4.69, 9.17) is 9.47 Å². The van der Waals surface area contributed by atoms with Gasteiger partial charge in [-0.2, -0.15) is 0 Å². The number of nitrogens with zero attached hydrogens (tertiary/aromatic N) is 4. The van der Waals surface area contributed by atoms with E-state index in [0.29, 0.717) is 26.2 Å². The fourth-order valence-corrected chi connectivity index (χ4v) is 1.86. The van der Waals surface area contributed by atoms with Crippen LogP contribution in [-0.2, 0) is 16.0 Å². The topological polar surface area (TPSA) is 69.5 Å². The highest BCUT2D eigenvalue weighted by Crippen LogP contribution is 2.13. The van der Waals surface area contributed by atoms with Crippen LogP contribution in [0.5, 0.6) is 0 Å². The Labute approximate surface area is 112 Å². The van der Waals surface area contributed by atoms with Crippen molar-refractivity contribution >= 4 is 6.09 Å². The molecule has 0 N–H and O–H groups in total. The second-order valence-electron chi connectivity index (χ2n) is 5.54. The lowest BCUT2D eigenvalue weighted by Gasteiger charge is -2.34. The number of ether oxygens (including phenoxy) is 2. The maximum absolute atomic E-state index is 12.0. The molecular weight excluding hydrogens is 248 g/mol. The quantitative estimate of drug-likeness (QED) is 0.797. The van der Waals surface area contributed by atoms with Crippen LogP contribution < -0.4 is 0 Å². The first-order valence-corrected chi connectivity index (χ1v) is 6.38. The van der Waals surface area contributed by atoms with Gasteiger partial charge in [0.15, 0.2) is 0 Å². The van der Waals surface area contributed by atoms with Crippen LogP contribution in [0.25, 0.3) is 0 Å². The van der Waals surface area contributed by atoms with E-state index < -0.39 is 5.60 Å². The molecule has 19 heavy (non-hydrogen) atoms. The molecule has 1 amide bonds. The Bertz CT molecular complexity index is 413. The van der Waals surface area contributed by atoms with Gasteiger partial charge in [-0.3, -0.25) is 0 Å². The van der Waals surface area contributed by atoms with Gasteiger partial charge < -0.3 is 14.4 Å². The number of amides is 1. The van der Waals surface area contributed by atoms with E-state index in [2.05, 4.69) is 10.3 Å². The summed E-state index contributed by atoms with van der Waals surface area (Å²) in [6.07, 6.45) is 3.02. The van der Waals surface area contributed by atoms with Crippen molar-refractivity contribution in [3.63, 3.8) is 0 Å². The highest BCUT2D eigenvalue weighted by atomic mass is 16.6. The third kappa shape index (κ3) is 4.20. The molecular formula is C12H20N4O3. The van der Waals surface area contributed by atoms with Gasteiger partial charge in [-0.15, -0.1) is 5.10 Å². The molecule has 0 saturated carbocycles. The summed E-state index contributed by atoms with van der Waals surface area (Å²) < 4.78 is 12.7. The van der Waals surface area contributed by atoms with E-state index in [1.807, 2.05) is 20.8 Å². The van der Waals surface area contributed by atoms with Gasteiger partial charge in [0, 0.05) is 12.7 Å². The SMILES string of the molecule is CC(C)(C)OC(=O)N1CCO[C@@H](Cn2ccnn2)C1. The minimum absolute atomic E-state index is 0.0806. The number of hydrogen-bond acceptors (Lipinski definition) is 5. The molecule has 1 aromatic rings. The summed E-state index contributed by atoms with van der Waals surface area (Å²) in [5, 5.41) is 7.63. The van der Waals surface area contributed by atoms with Gasteiger partial charge >= 0.3 is 6.09 Å². The van der Waals surface area contributed by atoms with Crippen LogP contribution in [0.1, 0.15) is 20.8 Å². The van der Waals surface area contributed by atoms with Gasteiger partial charge in [-0.25, -0.2) is 9.48 Å². The van der Waals surface area contributed by atoms with Gasteiger partial charge in [0.2, 0.25) is 0 Å². The van der Waals surface area contributed by atoms with E-state index in [0.717, 1.165) is 0 Å². The number of carbonyl (C=O) groups excluding carboxylic acids is 1. The van der Waals surface area contributed by atoms with Crippen molar-refractivity contribution in [2.75, 3.05) is 19.7 Å². The smallest absolute Gasteiger partial charge is 0.410 e. The maximum atomic E-state index is 12.0. The highest BCUT2D eigenvalue weighted by Gasteiger charge is 2.28. The minimum atomic E-state index is -0.475. The molecule has 7 heteroatoms. The average molecular weight is 268 g/mol. The van der Waals surface area contributed by atoms with Crippen molar-refractivity contribution in [3.8, 4) is 0 Å². The predicted octanol–water partition coefficient (Wildman–Crippen LogP) is 0.914. The molecule has 1 atom stereocenters.